The van der Waals surface area contributed by atoms with Gasteiger partial charge in [0.2, 0.25) is 0 Å². The maximum atomic E-state index is 12.3. The Bertz CT molecular complexity index is 222. The van der Waals surface area contributed by atoms with Crippen LogP contribution in [0.5, 0.6) is 0 Å². The van der Waals surface area contributed by atoms with Crippen molar-refractivity contribution in [1.29, 1.82) is 0 Å². The molecule has 0 aliphatic rings. The van der Waals surface area contributed by atoms with Crippen molar-refractivity contribution in [1.82, 2.24) is 0 Å². The van der Waals surface area contributed by atoms with Crippen LogP contribution < -0.4 is 0 Å². The molecule has 0 atom stereocenters. The van der Waals surface area contributed by atoms with Crippen molar-refractivity contribution >= 4 is 5.97 Å². The van der Waals surface area contributed by atoms with Gasteiger partial charge in [0, 0.05) is 6.08 Å². The highest BCUT2D eigenvalue weighted by molar-refractivity contribution is 5.81. The number of rotatable bonds is 4. The molecule has 8 heteroatoms. The maximum absolute atomic E-state index is 12.3. The van der Waals surface area contributed by atoms with Crippen LogP contribution >= 0.6 is 0 Å². The zero-order valence-corrected chi connectivity index (χ0v) is 6.61. The zero-order chi connectivity index (χ0) is 11.4. The minimum Gasteiger partial charge on any atom is -0.396 e. The van der Waals surface area contributed by atoms with Gasteiger partial charge in [0.25, 0.3) is 0 Å². The van der Waals surface area contributed by atoms with Gasteiger partial charge in [-0.15, -0.1) is 13.2 Å². The van der Waals surface area contributed by atoms with Crippen LogP contribution in [0.3, 0.4) is 0 Å². The quantitative estimate of drug-likeness (QED) is 0.412. The third kappa shape index (κ3) is 6.35. The Balaban J connectivity index is 4.07. The number of carbonyl (C=O) groups is 1. The first-order chi connectivity index (χ1) is 6.16. The summed E-state index contributed by atoms with van der Waals surface area (Å²) < 4.78 is 64.5. The lowest BCUT2D eigenvalue weighted by Gasteiger charge is -2.16. The van der Waals surface area contributed by atoms with Crippen LogP contribution in [0, 0.1) is 0 Å². The molecular formula is C6H5F5O3. The number of alkyl halides is 5. The minimum absolute atomic E-state index is 0.390. The highest BCUT2D eigenvalue weighted by Gasteiger charge is 2.40. The van der Waals surface area contributed by atoms with Crippen molar-refractivity contribution in [2.45, 2.75) is 12.5 Å². The van der Waals surface area contributed by atoms with Crippen molar-refractivity contribution in [3.05, 3.63) is 12.7 Å². The molecule has 0 aromatic carbocycles. The number of hydrogen-bond donors (Lipinski definition) is 0. The van der Waals surface area contributed by atoms with Crippen LogP contribution in [0.2, 0.25) is 0 Å². The number of ether oxygens (including phenoxy) is 2. The van der Waals surface area contributed by atoms with Crippen LogP contribution in [0.1, 0.15) is 0 Å². The molecule has 0 aliphatic carbocycles. The van der Waals surface area contributed by atoms with Gasteiger partial charge in [0.1, 0.15) is 0 Å². The molecular weight excluding hydrogens is 215 g/mol. The summed E-state index contributed by atoms with van der Waals surface area (Å²) in [4.78, 5) is 10.2. The molecule has 0 unspecified atom stereocenters. The Kier molecular flexibility index (Phi) is 3.99. The van der Waals surface area contributed by atoms with Crippen LogP contribution in [-0.2, 0) is 14.3 Å². The van der Waals surface area contributed by atoms with E-state index in [-0.39, 0.29) is 0 Å². The SMILES string of the molecule is C=CC(=O)OC(F)(F)COC(F)(F)F. The zero-order valence-electron chi connectivity index (χ0n) is 6.61. The van der Waals surface area contributed by atoms with E-state index in [1.54, 1.807) is 0 Å². The van der Waals surface area contributed by atoms with Crippen LogP contribution in [0.25, 0.3) is 0 Å². The van der Waals surface area contributed by atoms with Gasteiger partial charge in [0.15, 0.2) is 6.61 Å². The highest BCUT2D eigenvalue weighted by atomic mass is 19.4. The molecule has 0 amide bonds. The number of hydrogen-bond acceptors (Lipinski definition) is 3. The monoisotopic (exact) mass is 220 g/mol. The Hall–Kier alpha value is -1.18. The molecule has 0 aliphatic heterocycles. The predicted octanol–water partition coefficient (Wildman–Crippen LogP) is 1.84. The summed E-state index contributed by atoms with van der Waals surface area (Å²) in [5.74, 6) is -1.54. The fourth-order valence-corrected chi connectivity index (χ4v) is 0.384. The van der Waals surface area contributed by atoms with Gasteiger partial charge in [-0.25, -0.2) is 4.79 Å². The van der Waals surface area contributed by atoms with E-state index < -0.39 is 25.0 Å². The van der Waals surface area contributed by atoms with Crippen molar-refractivity contribution < 1.29 is 36.2 Å². The van der Waals surface area contributed by atoms with E-state index in [0.29, 0.717) is 6.08 Å². The van der Waals surface area contributed by atoms with Crippen molar-refractivity contribution in [2.24, 2.45) is 0 Å². The summed E-state index contributed by atoms with van der Waals surface area (Å²) in [5, 5.41) is 0. The molecule has 0 fully saturated rings. The molecule has 0 rings (SSSR count). The molecule has 0 bridgehead atoms. The van der Waals surface area contributed by atoms with Crippen LogP contribution in [-0.4, -0.2) is 25.0 Å². The number of esters is 1. The summed E-state index contributed by atoms with van der Waals surface area (Å²) in [6, 6.07) is 0. The topological polar surface area (TPSA) is 35.5 Å². The first-order valence-electron chi connectivity index (χ1n) is 3.10. The number of carbonyl (C=O) groups excluding carboxylic acids is 1. The Morgan fingerprint density at radius 2 is 1.79 bits per heavy atom. The summed E-state index contributed by atoms with van der Waals surface area (Å²) in [5.41, 5.74) is 0. The summed E-state index contributed by atoms with van der Waals surface area (Å²) in [7, 11) is 0. The average Bonchev–Trinajstić information content (AvgIpc) is 1.99. The predicted molar refractivity (Wildman–Crippen MR) is 33.2 cm³/mol. The van der Waals surface area contributed by atoms with Crippen LogP contribution in [0.4, 0.5) is 22.0 Å². The first-order valence-corrected chi connectivity index (χ1v) is 3.10. The Morgan fingerprint density at radius 3 is 2.14 bits per heavy atom. The van der Waals surface area contributed by atoms with Crippen molar-refractivity contribution in [3.63, 3.8) is 0 Å². The molecule has 0 saturated carbocycles. The second kappa shape index (κ2) is 4.36. The van der Waals surface area contributed by atoms with E-state index in [1.807, 2.05) is 0 Å². The van der Waals surface area contributed by atoms with Gasteiger partial charge in [-0.1, -0.05) is 6.58 Å². The first kappa shape index (κ1) is 12.8. The van der Waals surface area contributed by atoms with Gasteiger partial charge in [0.05, 0.1) is 0 Å². The minimum atomic E-state index is -5.20. The molecule has 14 heavy (non-hydrogen) atoms. The largest absolute Gasteiger partial charge is 0.522 e. The molecule has 0 aromatic heterocycles. The van der Waals surface area contributed by atoms with Crippen molar-refractivity contribution in [2.75, 3.05) is 6.61 Å². The van der Waals surface area contributed by atoms with E-state index in [1.165, 1.54) is 0 Å². The maximum Gasteiger partial charge on any atom is 0.522 e. The van der Waals surface area contributed by atoms with Gasteiger partial charge < -0.3 is 4.74 Å². The lowest BCUT2D eigenvalue weighted by molar-refractivity contribution is -0.363. The second-order valence-electron chi connectivity index (χ2n) is 2.00. The summed E-state index contributed by atoms with van der Waals surface area (Å²) >= 11 is 0. The molecule has 82 valence electrons. The van der Waals surface area contributed by atoms with E-state index in [2.05, 4.69) is 16.1 Å². The molecule has 0 N–H and O–H groups in total. The highest BCUT2D eigenvalue weighted by Crippen LogP contribution is 2.23. The Labute approximate surface area is 75.1 Å². The second-order valence-corrected chi connectivity index (χ2v) is 2.00. The lowest BCUT2D eigenvalue weighted by Crippen LogP contribution is -2.33. The third-order valence-corrected chi connectivity index (χ3v) is 0.820. The van der Waals surface area contributed by atoms with Gasteiger partial charge >= 0.3 is 18.4 Å². The average molecular weight is 220 g/mol. The fourth-order valence-electron chi connectivity index (χ4n) is 0.384. The molecule has 3 nitrogen and oxygen atoms in total. The summed E-state index contributed by atoms with van der Waals surface area (Å²) in [6.07, 6.45) is -9.15. The van der Waals surface area contributed by atoms with E-state index >= 15 is 0 Å². The Morgan fingerprint density at radius 1 is 1.29 bits per heavy atom. The van der Waals surface area contributed by atoms with E-state index in [9.17, 15) is 26.7 Å². The number of halogens is 5. The fraction of sp³-hybridized carbons (Fsp3) is 0.500. The van der Waals surface area contributed by atoms with Crippen molar-refractivity contribution in [3.8, 4) is 0 Å². The van der Waals surface area contributed by atoms with Gasteiger partial charge in [-0.3, -0.25) is 4.74 Å². The van der Waals surface area contributed by atoms with Gasteiger partial charge in [-0.2, -0.15) is 8.78 Å². The van der Waals surface area contributed by atoms with Crippen LogP contribution in [0.15, 0.2) is 12.7 Å². The van der Waals surface area contributed by atoms with E-state index in [4.69, 9.17) is 0 Å². The smallest absolute Gasteiger partial charge is 0.396 e. The molecule has 0 heterocycles. The van der Waals surface area contributed by atoms with Gasteiger partial charge in [-0.05, 0) is 0 Å². The normalized spacial score (nSPS) is 12.4. The molecule has 0 saturated heterocycles. The standard InChI is InChI=1S/C6H5F5O3/c1-2-4(12)14-5(7,8)3-13-6(9,10)11/h2H,1,3H2. The molecule has 0 radical (unpaired) electrons. The summed E-state index contributed by atoms with van der Waals surface area (Å²) in [6.45, 7) is 0.696. The van der Waals surface area contributed by atoms with E-state index in [0.717, 1.165) is 0 Å². The lowest BCUT2D eigenvalue weighted by atomic mass is 10.6. The third-order valence-electron chi connectivity index (χ3n) is 0.820. The molecule has 0 aromatic rings. The molecule has 0 spiro atoms.